The number of carbonyl (C=O) groups is 2. The average molecular weight is 422 g/mol. The molecule has 0 bridgehead atoms. The molecule has 31 heavy (non-hydrogen) atoms. The van der Waals surface area contributed by atoms with Crippen LogP contribution in [0.4, 0.5) is 10.1 Å². The zero-order valence-electron chi connectivity index (χ0n) is 17.9. The molecular weight excluding hydrogens is 393 g/mol. The molecule has 1 aliphatic heterocycles. The molecule has 0 radical (unpaired) electrons. The van der Waals surface area contributed by atoms with Gasteiger partial charge in [-0.05, 0) is 86.8 Å². The first-order valence-corrected chi connectivity index (χ1v) is 11.3. The fourth-order valence-corrected chi connectivity index (χ4v) is 5.78. The lowest BCUT2D eigenvalue weighted by Gasteiger charge is -2.36. The molecule has 1 heterocycles. The Kier molecular flexibility index (Phi) is 4.80. The minimum absolute atomic E-state index is 0.0797. The first-order chi connectivity index (χ1) is 14.9. The SMILES string of the molecule is CC#CC(=O)N[C@H]1CCCN(c2c(F)cc(C(N)=O)c3c2C2=C(CCC4(CC4)C2)C3)C1. The lowest BCUT2D eigenvalue weighted by Crippen LogP contribution is -2.48. The Balaban J connectivity index is 1.54. The maximum Gasteiger partial charge on any atom is 0.296 e. The van der Waals surface area contributed by atoms with E-state index in [0.717, 1.165) is 43.4 Å². The zero-order chi connectivity index (χ0) is 21.8. The summed E-state index contributed by atoms with van der Waals surface area (Å²) >= 11 is 0. The number of halogens is 1. The number of piperidine rings is 1. The number of carbonyl (C=O) groups excluding carboxylic acids is 2. The van der Waals surface area contributed by atoms with Gasteiger partial charge in [-0.15, -0.1) is 0 Å². The second kappa shape index (κ2) is 7.40. The van der Waals surface area contributed by atoms with E-state index >= 15 is 4.39 Å². The van der Waals surface area contributed by atoms with Crippen LogP contribution in [0.5, 0.6) is 0 Å². The van der Waals surface area contributed by atoms with Gasteiger partial charge in [-0.25, -0.2) is 4.39 Å². The molecular formula is C25H28FN3O2. The van der Waals surface area contributed by atoms with Gasteiger partial charge in [-0.2, -0.15) is 0 Å². The molecule has 4 aliphatic rings. The number of nitrogens with zero attached hydrogens (tertiary/aromatic N) is 1. The van der Waals surface area contributed by atoms with E-state index in [2.05, 4.69) is 22.1 Å². The second-order valence-electron chi connectivity index (χ2n) is 9.54. The van der Waals surface area contributed by atoms with Gasteiger partial charge in [0.05, 0.1) is 5.69 Å². The molecule has 5 rings (SSSR count). The minimum Gasteiger partial charge on any atom is -0.367 e. The van der Waals surface area contributed by atoms with Gasteiger partial charge >= 0.3 is 0 Å². The van der Waals surface area contributed by atoms with Gasteiger partial charge in [0.15, 0.2) is 0 Å². The van der Waals surface area contributed by atoms with Crippen LogP contribution in [0, 0.1) is 23.1 Å². The number of benzene rings is 1. The van der Waals surface area contributed by atoms with Crippen molar-refractivity contribution in [2.24, 2.45) is 11.1 Å². The Morgan fingerprint density at radius 3 is 2.84 bits per heavy atom. The van der Waals surface area contributed by atoms with E-state index in [-0.39, 0.29) is 11.9 Å². The standard InChI is InChI=1S/C25H28FN3O2/c1-2-4-21(30)28-16-5-3-10-29(14-16)23-20(26)12-18(24(27)31)17-11-15-6-7-25(8-9-25)13-19(15)22(17)23/h12,16H,3,5-11,13-14H2,1H3,(H2,27,31)(H,28,30)/t16-/m0/s1. The van der Waals surface area contributed by atoms with Crippen LogP contribution in [0.25, 0.3) is 5.57 Å². The molecule has 3 aliphatic carbocycles. The highest BCUT2D eigenvalue weighted by atomic mass is 19.1. The Bertz CT molecular complexity index is 1070. The first kappa shape index (κ1) is 20.1. The highest BCUT2D eigenvalue weighted by Crippen LogP contribution is 2.62. The maximum atomic E-state index is 15.5. The van der Waals surface area contributed by atoms with E-state index in [1.54, 1.807) is 6.92 Å². The number of hydrogen-bond acceptors (Lipinski definition) is 3. The number of nitrogens with one attached hydrogen (secondary N) is 1. The van der Waals surface area contributed by atoms with E-state index in [4.69, 9.17) is 5.73 Å². The second-order valence-corrected chi connectivity index (χ2v) is 9.54. The number of hydrogen-bond donors (Lipinski definition) is 2. The van der Waals surface area contributed by atoms with Crippen molar-refractivity contribution in [3.63, 3.8) is 0 Å². The summed E-state index contributed by atoms with van der Waals surface area (Å²) in [5, 5.41) is 2.95. The van der Waals surface area contributed by atoms with Crippen LogP contribution in [-0.2, 0) is 11.2 Å². The largest absolute Gasteiger partial charge is 0.367 e. The third-order valence-electron chi connectivity index (χ3n) is 7.52. The van der Waals surface area contributed by atoms with Gasteiger partial charge in [-0.1, -0.05) is 11.5 Å². The summed E-state index contributed by atoms with van der Waals surface area (Å²) < 4.78 is 15.5. The van der Waals surface area contributed by atoms with E-state index in [0.29, 0.717) is 29.6 Å². The predicted molar refractivity (Wildman–Crippen MR) is 118 cm³/mol. The number of fused-ring (bicyclic) bond motifs is 2. The van der Waals surface area contributed by atoms with E-state index in [1.807, 2.05) is 0 Å². The Hall–Kier alpha value is -2.81. The van der Waals surface area contributed by atoms with Crippen LogP contribution >= 0.6 is 0 Å². The average Bonchev–Trinajstić information content (AvgIpc) is 3.38. The minimum atomic E-state index is -0.565. The smallest absolute Gasteiger partial charge is 0.296 e. The summed E-state index contributed by atoms with van der Waals surface area (Å²) in [4.78, 5) is 26.2. The third-order valence-corrected chi connectivity index (χ3v) is 7.52. The van der Waals surface area contributed by atoms with Crippen LogP contribution in [-0.4, -0.2) is 30.9 Å². The molecule has 1 atom stereocenters. The molecule has 1 spiro atoms. The van der Waals surface area contributed by atoms with E-state index in [1.165, 1.54) is 36.5 Å². The van der Waals surface area contributed by atoms with Crippen molar-refractivity contribution in [1.29, 1.82) is 0 Å². The van der Waals surface area contributed by atoms with Gasteiger partial charge < -0.3 is 16.0 Å². The molecule has 6 heteroatoms. The summed E-state index contributed by atoms with van der Waals surface area (Å²) in [6.07, 6.45) is 8.07. The highest BCUT2D eigenvalue weighted by Gasteiger charge is 2.48. The van der Waals surface area contributed by atoms with Crippen molar-refractivity contribution in [3.8, 4) is 11.8 Å². The fourth-order valence-electron chi connectivity index (χ4n) is 5.78. The van der Waals surface area contributed by atoms with Gasteiger partial charge in [0.2, 0.25) is 5.91 Å². The molecule has 2 fully saturated rings. The lowest BCUT2D eigenvalue weighted by molar-refractivity contribution is -0.116. The van der Waals surface area contributed by atoms with E-state index in [9.17, 15) is 9.59 Å². The lowest BCUT2D eigenvalue weighted by atomic mass is 9.81. The van der Waals surface area contributed by atoms with Crippen molar-refractivity contribution >= 4 is 23.1 Å². The number of nitrogens with two attached hydrogens (primary N) is 1. The quantitative estimate of drug-likeness (QED) is 0.736. The Morgan fingerprint density at radius 2 is 2.13 bits per heavy atom. The molecule has 5 nitrogen and oxygen atoms in total. The molecule has 162 valence electrons. The molecule has 2 amide bonds. The van der Waals surface area contributed by atoms with Crippen molar-refractivity contribution in [2.75, 3.05) is 18.0 Å². The topological polar surface area (TPSA) is 75.4 Å². The Labute approximate surface area is 182 Å². The van der Waals surface area contributed by atoms with Crippen LogP contribution in [0.3, 0.4) is 0 Å². The van der Waals surface area contributed by atoms with E-state index < -0.39 is 11.7 Å². The normalized spacial score (nSPS) is 23.0. The highest BCUT2D eigenvalue weighted by molar-refractivity contribution is 6.00. The van der Waals surface area contributed by atoms with Gasteiger partial charge in [-0.3, -0.25) is 9.59 Å². The zero-order valence-corrected chi connectivity index (χ0v) is 17.9. The summed E-state index contributed by atoms with van der Waals surface area (Å²) in [6, 6.07) is 1.25. The third kappa shape index (κ3) is 3.50. The molecule has 1 saturated carbocycles. The van der Waals surface area contributed by atoms with Crippen LogP contribution in [0.2, 0.25) is 0 Å². The maximum absolute atomic E-state index is 15.5. The predicted octanol–water partition coefficient (Wildman–Crippen LogP) is 3.31. The van der Waals surface area contributed by atoms with Crippen LogP contribution < -0.4 is 16.0 Å². The van der Waals surface area contributed by atoms with Crippen LogP contribution in [0.1, 0.15) is 73.4 Å². The van der Waals surface area contributed by atoms with Gasteiger partial charge in [0.1, 0.15) is 5.82 Å². The summed E-state index contributed by atoms with van der Waals surface area (Å²) in [6.45, 7) is 2.89. The number of primary amides is 1. The molecule has 3 N–H and O–H groups in total. The summed E-state index contributed by atoms with van der Waals surface area (Å²) in [5.74, 6) is 3.89. The summed E-state index contributed by atoms with van der Waals surface area (Å²) in [5.41, 5.74) is 11.3. The summed E-state index contributed by atoms with van der Waals surface area (Å²) in [7, 11) is 0. The number of anilines is 1. The van der Waals surface area contributed by atoms with Crippen molar-refractivity contribution < 1.29 is 14.0 Å². The van der Waals surface area contributed by atoms with Crippen molar-refractivity contribution in [1.82, 2.24) is 5.32 Å². The van der Waals surface area contributed by atoms with Gasteiger partial charge in [0, 0.05) is 30.3 Å². The molecule has 1 aromatic rings. The molecule has 1 aromatic carbocycles. The molecule has 0 unspecified atom stereocenters. The van der Waals surface area contributed by atoms with Crippen molar-refractivity contribution in [2.45, 2.75) is 64.3 Å². The first-order valence-electron chi connectivity index (χ1n) is 11.3. The number of amides is 2. The van der Waals surface area contributed by atoms with Gasteiger partial charge in [0.25, 0.3) is 5.91 Å². The van der Waals surface area contributed by atoms with Crippen LogP contribution in [0.15, 0.2) is 11.6 Å². The molecule has 0 aromatic heterocycles. The van der Waals surface area contributed by atoms with Crippen molar-refractivity contribution in [3.05, 3.63) is 34.1 Å². The molecule has 1 saturated heterocycles. The number of rotatable bonds is 3. The monoisotopic (exact) mass is 421 g/mol. The number of allylic oxidation sites excluding steroid dienone is 2. The Morgan fingerprint density at radius 1 is 1.32 bits per heavy atom. The fraction of sp³-hybridized carbons (Fsp3) is 0.520.